The number of aromatic nitrogens is 2. The average Bonchev–Trinajstić information content (AvgIpc) is 3.29. The normalized spacial score (nSPS) is 10.9. The smallest absolute Gasteiger partial charge is 0.250 e. The number of nitrogens with one attached hydrogen (secondary N) is 1. The van der Waals surface area contributed by atoms with E-state index in [-0.39, 0.29) is 11.7 Å². The predicted octanol–water partition coefficient (Wildman–Crippen LogP) is 4.75. The highest BCUT2D eigenvalue weighted by atomic mass is 35.5. The Bertz CT molecular complexity index is 1100. The van der Waals surface area contributed by atoms with Gasteiger partial charge >= 0.3 is 0 Å². The molecule has 0 atom stereocenters. The van der Waals surface area contributed by atoms with Crippen molar-refractivity contribution in [3.05, 3.63) is 52.5 Å². The number of carbonyl (C=O) groups is 1. The average molecular weight is 525 g/mol. The van der Waals surface area contributed by atoms with Crippen LogP contribution < -0.4 is 19.6 Å². The first kappa shape index (κ1) is 25.2. The van der Waals surface area contributed by atoms with Crippen molar-refractivity contribution in [2.45, 2.75) is 14.4 Å². The Hall–Kier alpha value is -2.47. The predicted molar refractivity (Wildman–Crippen MR) is 133 cm³/mol. The van der Waals surface area contributed by atoms with Crippen molar-refractivity contribution in [2.75, 3.05) is 27.1 Å². The van der Waals surface area contributed by atoms with Gasteiger partial charge in [0.1, 0.15) is 0 Å². The van der Waals surface area contributed by atoms with E-state index in [1.165, 1.54) is 50.6 Å². The maximum absolute atomic E-state index is 12.1. The molecule has 0 spiro atoms. The summed E-state index contributed by atoms with van der Waals surface area (Å²) in [6, 6.07) is 11.2. The summed E-state index contributed by atoms with van der Waals surface area (Å²) < 4.78 is 17.4. The van der Waals surface area contributed by atoms with Crippen LogP contribution in [0.15, 0.2) is 50.2 Å². The van der Waals surface area contributed by atoms with Gasteiger partial charge in [0, 0.05) is 16.3 Å². The van der Waals surface area contributed by atoms with Crippen molar-refractivity contribution in [1.82, 2.24) is 15.6 Å². The van der Waals surface area contributed by atoms with Gasteiger partial charge in [-0.15, -0.1) is 10.2 Å². The van der Waals surface area contributed by atoms with Crippen LogP contribution in [-0.4, -0.2) is 49.4 Å². The summed E-state index contributed by atoms with van der Waals surface area (Å²) in [5.41, 5.74) is 4.22. The Kier molecular flexibility index (Phi) is 9.67. The summed E-state index contributed by atoms with van der Waals surface area (Å²) in [4.78, 5) is 12.1. The van der Waals surface area contributed by atoms with Gasteiger partial charge in [-0.3, -0.25) is 4.79 Å². The lowest BCUT2D eigenvalue weighted by molar-refractivity contribution is -0.118. The number of carbonyl (C=O) groups excluding carboxylic acids is 1. The third-order valence-electron chi connectivity index (χ3n) is 4.11. The van der Waals surface area contributed by atoms with Gasteiger partial charge in [-0.25, -0.2) is 5.43 Å². The molecule has 0 radical (unpaired) electrons. The van der Waals surface area contributed by atoms with Crippen LogP contribution in [0.3, 0.4) is 0 Å². The first-order valence-corrected chi connectivity index (χ1v) is 12.6. The summed E-state index contributed by atoms with van der Waals surface area (Å²) in [6.07, 6.45) is 1.50. The minimum atomic E-state index is -0.260. The van der Waals surface area contributed by atoms with Gasteiger partial charge in [-0.2, -0.15) is 5.10 Å². The Morgan fingerprint density at radius 2 is 1.76 bits per heavy atom. The Morgan fingerprint density at radius 3 is 2.39 bits per heavy atom. The molecule has 8 nitrogen and oxygen atoms in total. The lowest BCUT2D eigenvalue weighted by Gasteiger charge is -2.12. The molecule has 1 heterocycles. The maximum atomic E-state index is 12.1. The van der Waals surface area contributed by atoms with E-state index in [1.807, 2.05) is 24.3 Å². The summed E-state index contributed by atoms with van der Waals surface area (Å²) in [6.45, 7) is 0. The molecule has 1 amide bonds. The zero-order valence-electron chi connectivity index (χ0n) is 18.0. The van der Waals surface area contributed by atoms with E-state index >= 15 is 0 Å². The minimum absolute atomic E-state index is 0.163. The number of rotatable bonds is 11. The van der Waals surface area contributed by atoms with Gasteiger partial charge in [0.2, 0.25) is 5.75 Å². The molecule has 1 aromatic heterocycles. The number of ether oxygens (including phenoxy) is 3. The Balaban J connectivity index is 1.48. The van der Waals surface area contributed by atoms with Gasteiger partial charge < -0.3 is 14.2 Å². The van der Waals surface area contributed by atoms with Gasteiger partial charge in [0.05, 0.1) is 33.3 Å². The second-order valence-electron chi connectivity index (χ2n) is 6.25. The van der Waals surface area contributed by atoms with E-state index in [9.17, 15) is 4.79 Å². The topological polar surface area (TPSA) is 94.9 Å². The number of halogens is 1. The molecule has 0 aliphatic heterocycles. The van der Waals surface area contributed by atoms with Crippen LogP contribution >= 0.6 is 46.5 Å². The summed E-state index contributed by atoms with van der Waals surface area (Å²) in [7, 11) is 4.60. The number of methoxy groups -OCH3 is 3. The van der Waals surface area contributed by atoms with Crippen LogP contribution in [0, 0.1) is 0 Å². The number of hydrogen-bond donors (Lipinski definition) is 1. The SMILES string of the molecule is COc1cc(/C=N\NC(=O)CSc2nnc(SCc3ccccc3Cl)s2)cc(OC)c1OC. The van der Waals surface area contributed by atoms with E-state index in [0.29, 0.717) is 32.9 Å². The number of nitrogens with zero attached hydrogens (tertiary/aromatic N) is 3. The highest BCUT2D eigenvalue weighted by Gasteiger charge is 2.13. The lowest BCUT2D eigenvalue weighted by atomic mass is 10.2. The highest BCUT2D eigenvalue weighted by molar-refractivity contribution is 8.03. The second-order valence-corrected chi connectivity index (χ2v) is 10.1. The van der Waals surface area contributed by atoms with Gasteiger partial charge in [0.15, 0.2) is 20.2 Å². The molecule has 0 unspecified atom stereocenters. The van der Waals surface area contributed by atoms with Crippen LogP contribution in [0.5, 0.6) is 17.2 Å². The largest absolute Gasteiger partial charge is 0.493 e. The van der Waals surface area contributed by atoms with Gasteiger partial charge in [-0.05, 0) is 23.8 Å². The minimum Gasteiger partial charge on any atom is -0.493 e. The second kappa shape index (κ2) is 12.7. The molecule has 0 fully saturated rings. The van der Waals surface area contributed by atoms with Crippen molar-refractivity contribution in [1.29, 1.82) is 0 Å². The fourth-order valence-electron chi connectivity index (χ4n) is 2.58. The van der Waals surface area contributed by atoms with Crippen molar-refractivity contribution in [3.8, 4) is 17.2 Å². The molecule has 3 rings (SSSR count). The standard InChI is InChI=1S/C21H21ClN4O4S3/c1-28-16-8-13(9-17(29-2)19(16)30-3)10-23-24-18(27)12-32-21-26-25-20(33-21)31-11-14-6-4-5-7-15(14)22/h4-10H,11-12H2,1-3H3,(H,24,27)/b23-10-. The first-order valence-electron chi connectivity index (χ1n) is 9.48. The molecule has 0 bridgehead atoms. The number of hydrazone groups is 1. The molecule has 0 aliphatic carbocycles. The molecule has 3 aromatic rings. The number of hydrogen-bond acceptors (Lipinski definition) is 10. The fraction of sp³-hybridized carbons (Fsp3) is 0.238. The van der Waals surface area contributed by atoms with Crippen LogP contribution in [0.1, 0.15) is 11.1 Å². The Labute approximate surface area is 209 Å². The number of amides is 1. The van der Waals surface area contributed by atoms with Gasteiger partial charge in [0.25, 0.3) is 5.91 Å². The summed E-state index contributed by atoms with van der Waals surface area (Å²) in [5.74, 6) is 2.09. The highest BCUT2D eigenvalue weighted by Crippen LogP contribution is 2.37. The fourth-order valence-corrected chi connectivity index (χ4v) is 5.68. The van der Waals surface area contributed by atoms with E-state index in [4.69, 9.17) is 25.8 Å². The zero-order valence-corrected chi connectivity index (χ0v) is 21.2. The van der Waals surface area contributed by atoms with E-state index < -0.39 is 0 Å². The summed E-state index contributed by atoms with van der Waals surface area (Å²) >= 11 is 10.5. The third-order valence-corrected chi connectivity index (χ3v) is 7.72. The molecule has 12 heteroatoms. The van der Waals surface area contributed by atoms with E-state index in [1.54, 1.807) is 23.9 Å². The molecular formula is C21H21ClN4O4S3. The quantitative estimate of drug-likeness (QED) is 0.218. The van der Waals surface area contributed by atoms with Crippen molar-refractivity contribution in [3.63, 3.8) is 0 Å². The molecule has 174 valence electrons. The lowest BCUT2D eigenvalue weighted by Crippen LogP contribution is -2.19. The molecule has 0 aliphatic rings. The van der Waals surface area contributed by atoms with Crippen LogP contribution in [0.25, 0.3) is 0 Å². The van der Waals surface area contributed by atoms with Crippen molar-refractivity contribution < 1.29 is 19.0 Å². The van der Waals surface area contributed by atoms with Crippen molar-refractivity contribution in [2.24, 2.45) is 5.10 Å². The Morgan fingerprint density at radius 1 is 1.09 bits per heavy atom. The summed E-state index contributed by atoms with van der Waals surface area (Å²) in [5, 5.41) is 13.0. The molecule has 33 heavy (non-hydrogen) atoms. The molecule has 0 saturated carbocycles. The number of benzene rings is 2. The van der Waals surface area contributed by atoms with E-state index in [0.717, 1.165) is 14.9 Å². The monoisotopic (exact) mass is 524 g/mol. The maximum Gasteiger partial charge on any atom is 0.250 e. The molecule has 2 aromatic carbocycles. The molecule has 1 N–H and O–H groups in total. The van der Waals surface area contributed by atoms with E-state index in [2.05, 4.69) is 20.7 Å². The number of thioether (sulfide) groups is 2. The first-order chi connectivity index (χ1) is 16.0. The van der Waals surface area contributed by atoms with Crippen molar-refractivity contribution >= 4 is 58.6 Å². The zero-order chi connectivity index (χ0) is 23.6. The van der Waals surface area contributed by atoms with Crippen LogP contribution in [0.2, 0.25) is 5.02 Å². The molecule has 0 saturated heterocycles. The van der Waals surface area contributed by atoms with Crippen LogP contribution in [-0.2, 0) is 10.5 Å². The third kappa shape index (κ3) is 7.26. The molecular weight excluding hydrogens is 504 g/mol. The van der Waals surface area contributed by atoms with Gasteiger partial charge in [-0.1, -0.05) is 64.7 Å². The van der Waals surface area contributed by atoms with Crippen LogP contribution in [0.4, 0.5) is 0 Å².